The van der Waals surface area contributed by atoms with Gasteiger partial charge in [0.25, 0.3) is 0 Å². The van der Waals surface area contributed by atoms with Crippen LogP contribution in [0.4, 0.5) is 0 Å². The molecule has 0 aromatic heterocycles. The zero-order valence-corrected chi connectivity index (χ0v) is 25.3. The predicted molar refractivity (Wildman–Crippen MR) is 159 cm³/mol. The molecular formula is C36H60. The Bertz CT molecular complexity index is 825. The third-order valence-corrected chi connectivity index (χ3v) is 12.4. The molecule has 4 aliphatic carbocycles. The molecule has 8 unspecified atom stereocenters. The first-order valence-corrected chi connectivity index (χ1v) is 16.1. The molecule has 0 amide bonds. The molecule has 204 valence electrons. The fourth-order valence-electron chi connectivity index (χ4n) is 9.96. The Hall–Kier alpha value is -0.780. The van der Waals surface area contributed by atoms with Crippen LogP contribution >= 0.6 is 0 Å². The van der Waals surface area contributed by atoms with E-state index in [0.717, 1.165) is 41.4 Å². The molecule has 0 bridgehead atoms. The van der Waals surface area contributed by atoms with Crippen LogP contribution in [-0.2, 0) is 0 Å². The highest BCUT2D eigenvalue weighted by molar-refractivity contribution is 5.25. The summed E-state index contributed by atoms with van der Waals surface area (Å²) in [6.45, 7) is 21.7. The Morgan fingerprint density at radius 1 is 1.03 bits per heavy atom. The second-order valence-corrected chi connectivity index (χ2v) is 15.0. The van der Waals surface area contributed by atoms with Gasteiger partial charge in [-0.2, -0.15) is 0 Å². The van der Waals surface area contributed by atoms with Crippen molar-refractivity contribution < 1.29 is 0 Å². The van der Waals surface area contributed by atoms with Gasteiger partial charge in [-0.3, -0.25) is 0 Å². The minimum absolute atomic E-state index is 0.491. The average Bonchev–Trinajstić information content (AvgIpc) is 3.19. The molecule has 0 radical (unpaired) electrons. The first-order valence-electron chi connectivity index (χ1n) is 16.1. The summed E-state index contributed by atoms with van der Waals surface area (Å²) in [7, 11) is 0. The zero-order chi connectivity index (χ0) is 26.1. The number of rotatable bonds is 10. The fraction of sp³-hybridized carbons (Fsp3) is 0.833. The maximum absolute atomic E-state index is 4.49. The summed E-state index contributed by atoms with van der Waals surface area (Å²) in [4.78, 5) is 0. The maximum Gasteiger partial charge on any atom is -0.00851 e. The van der Waals surface area contributed by atoms with Gasteiger partial charge in [0.2, 0.25) is 0 Å². The van der Waals surface area contributed by atoms with Crippen molar-refractivity contribution in [3.8, 4) is 0 Å². The highest BCUT2D eigenvalue weighted by atomic mass is 14.6. The molecule has 0 saturated heterocycles. The van der Waals surface area contributed by atoms with E-state index in [4.69, 9.17) is 0 Å². The Kier molecular flexibility index (Phi) is 9.05. The third-order valence-electron chi connectivity index (χ3n) is 12.4. The van der Waals surface area contributed by atoms with Crippen LogP contribution in [0.25, 0.3) is 0 Å². The van der Waals surface area contributed by atoms with Crippen molar-refractivity contribution in [1.82, 2.24) is 0 Å². The standard InChI is InChI=1S/C36H60/c1-9-26(4)13-14-27(5)23-29-19-21-35(7)30(24-29)15-16-31-33-18-17-32(28(6)12-10-11-25(2)3)36(33,8)22-20-34(31)35/h9,15,25,28-29,31-34H,5,10-14,16-24H2,1-4,6-8H3/b26-9+. The van der Waals surface area contributed by atoms with Gasteiger partial charge in [-0.25, -0.2) is 0 Å². The number of fused-ring (bicyclic) bond motifs is 5. The number of hydrogen-bond donors (Lipinski definition) is 0. The van der Waals surface area contributed by atoms with Crippen LogP contribution in [0, 0.1) is 52.3 Å². The van der Waals surface area contributed by atoms with E-state index in [1.54, 1.807) is 0 Å². The monoisotopic (exact) mass is 492 g/mol. The van der Waals surface area contributed by atoms with Gasteiger partial charge in [0.1, 0.15) is 0 Å². The molecular weight excluding hydrogens is 432 g/mol. The maximum atomic E-state index is 4.49. The van der Waals surface area contributed by atoms with E-state index in [0.29, 0.717) is 10.8 Å². The van der Waals surface area contributed by atoms with Crippen molar-refractivity contribution in [1.29, 1.82) is 0 Å². The van der Waals surface area contributed by atoms with Crippen LogP contribution in [0.2, 0.25) is 0 Å². The summed E-state index contributed by atoms with van der Waals surface area (Å²) >= 11 is 0. The minimum atomic E-state index is 0.491. The summed E-state index contributed by atoms with van der Waals surface area (Å²) in [6, 6.07) is 0. The summed E-state index contributed by atoms with van der Waals surface area (Å²) < 4.78 is 0. The fourth-order valence-corrected chi connectivity index (χ4v) is 9.96. The number of allylic oxidation sites excluding steroid dienone is 5. The Morgan fingerprint density at radius 2 is 1.81 bits per heavy atom. The van der Waals surface area contributed by atoms with Gasteiger partial charge < -0.3 is 0 Å². The van der Waals surface area contributed by atoms with Gasteiger partial charge in [-0.05, 0) is 137 Å². The molecule has 4 aliphatic rings. The SMILES string of the molecule is C=C(CC/C(C)=C/C)CC1CCC2(C)C(=CCC3C2CCC2(C)C(C(C)CCCC(C)C)CCC32)C1. The quantitative estimate of drug-likeness (QED) is 0.266. The van der Waals surface area contributed by atoms with Crippen LogP contribution in [0.15, 0.2) is 35.5 Å². The van der Waals surface area contributed by atoms with Crippen LogP contribution in [0.5, 0.6) is 0 Å². The van der Waals surface area contributed by atoms with E-state index in [9.17, 15) is 0 Å². The van der Waals surface area contributed by atoms with E-state index >= 15 is 0 Å². The summed E-state index contributed by atoms with van der Waals surface area (Å²) in [5.41, 5.74) is 5.96. The Balaban J connectivity index is 1.39. The van der Waals surface area contributed by atoms with E-state index in [-0.39, 0.29) is 0 Å². The third kappa shape index (κ3) is 5.64. The summed E-state index contributed by atoms with van der Waals surface area (Å²) in [5, 5.41) is 0. The van der Waals surface area contributed by atoms with Crippen LogP contribution < -0.4 is 0 Å². The molecule has 0 aliphatic heterocycles. The summed E-state index contributed by atoms with van der Waals surface area (Å²) in [6.07, 6.45) is 24.6. The van der Waals surface area contributed by atoms with Crippen LogP contribution in [-0.4, -0.2) is 0 Å². The molecule has 4 rings (SSSR count). The molecule has 0 aromatic carbocycles. The predicted octanol–water partition coefficient (Wildman–Crippen LogP) is 11.3. The zero-order valence-electron chi connectivity index (χ0n) is 25.3. The molecule has 8 atom stereocenters. The number of hydrogen-bond acceptors (Lipinski definition) is 0. The van der Waals surface area contributed by atoms with Crippen molar-refractivity contribution >= 4 is 0 Å². The van der Waals surface area contributed by atoms with Crippen molar-refractivity contribution in [2.45, 2.75) is 138 Å². The molecule has 0 aromatic rings. The lowest BCUT2D eigenvalue weighted by Gasteiger charge is -2.58. The van der Waals surface area contributed by atoms with E-state index in [2.05, 4.69) is 67.2 Å². The second-order valence-electron chi connectivity index (χ2n) is 15.0. The van der Waals surface area contributed by atoms with Gasteiger partial charge >= 0.3 is 0 Å². The molecule has 0 nitrogen and oxygen atoms in total. The van der Waals surface area contributed by atoms with Crippen molar-refractivity contribution in [2.75, 3.05) is 0 Å². The van der Waals surface area contributed by atoms with Crippen LogP contribution in [0.3, 0.4) is 0 Å². The van der Waals surface area contributed by atoms with E-state index in [1.165, 1.54) is 101 Å². The van der Waals surface area contributed by atoms with E-state index in [1.807, 2.05) is 5.57 Å². The lowest BCUT2D eigenvalue weighted by Crippen LogP contribution is -2.50. The average molecular weight is 493 g/mol. The normalized spacial score (nSPS) is 39.3. The first kappa shape index (κ1) is 28.2. The molecule has 3 saturated carbocycles. The molecule has 3 fully saturated rings. The van der Waals surface area contributed by atoms with Gasteiger partial charge in [0.05, 0.1) is 0 Å². The topological polar surface area (TPSA) is 0 Å². The van der Waals surface area contributed by atoms with Gasteiger partial charge in [0, 0.05) is 0 Å². The molecule has 0 N–H and O–H groups in total. The highest BCUT2D eigenvalue weighted by Crippen LogP contribution is 2.67. The van der Waals surface area contributed by atoms with Crippen molar-refractivity contribution in [3.63, 3.8) is 0 Å². The molecule has 36 heavy (non-hydrogen) atoms. The smallest absolute Gasteiger partial charge is 0.00851 e. The van der Waals surface area contributed by atoms with Crippen LogP contribution in [0.1, 0.15) is 138 Å². The molecule has 0 heteroatoms. The van der Waals surface area contributed by atoms with Gasteiger partial charge in [-0.15, -0.1) is 0 Å². The van der Waals surface area contributed by atoms with Crippen molar-refractivity contribution in [3.05, 3.63) is 35.5 Å². The van der Waals surface area contributed by atoms with Crippen molar-refractivity contribution in [2.24, 2.45) is 52.3 Å². The van der Waals surface area contributed by atoms with Gasteiger partial charge in [0.15, 0.2) is 0 Å². The lowest BCUT2D eigenvalue weighted by atomic mass is 9.46. The highest BCUT2D eigenvalue weighted by Gasteiger charge is 2.59. The Labute approximate surface area is 225 Å². The second kappa shape index (κ2) is 11.5. The molecule has 0 heterocycles. The van der Waals surface area contributed by atoms with E-state index < -0.39 is 0 Å². The first-order chi connectivity index (χ1) is 17.1. The van der Waals surface area contributed by atoms with Gasteiger partial charge in [-0.1, -0.05) is 89.3 Å². The summed E-state index contributed by atoms with van der Waals surface area (Å²) in [5.74, 6) is 6.49. The lowest BCUT2D eigenvalue weighted by molar-refractivity contribution is -0.0527. The minimum Gasteiger partial charge on any atom is -0.0998 e. The molecule has 0 spiro atoms. The largest absolute Gasteiger partial charge is 0.0998 e. The Morgan fingerprint density at radius 3 is 2.53 bits per heavy atom.